The van der Waals surface area contributed by atoms with Gasteiger partial charge in [-0.2, -0.15) is 0 Å². The van der Waals surface area contributed by atoms with Gasteiger partial charge in [-0.05, 0) is 69.7 Å². The lowest BCUT2D eigenvalue weighted by Crippen LogP contribution is -2.52. The summed E-state index contributed by atoms with van der Waals surface area (Å²) >= 11 is 0. The van der Waals surface area contributed by atoms with Crippen LogP contribution in [0, 0.1) is 0 Å². The Hall–Kier alpha value is -2.37. The SMILES string of the molecule is CCCCC(C(CCCOc1cccc2oc3ccccc3c(=O)c12)N(CC)CC)N(CC)CC. The van der Waals surface area contributed by atoms with Crippen molar-refractivity contribution in [3.05, 3.63) is 52.7 Å². The maximum Gasteiger partial charge on any atom is 0.204 e. The van der Waals surface area contributed by atoms with Crippen molar-refractivity contribution in [2.45, 2.75) is 78.8 Å². The van der Waals surface area contributed by atoms with Gasteiger partial charge < -0.3 is 9.15 Å². The van der Waals surface area contributed by atoms with Crippen LogP contribution in [0.15, 0.2) is 51.7 Å². The third kappa shape index (κ3) is 6.45. The van der Waals surface area contributed by atoms with Crippen LogP contribution in [-0.2, 0) is 0 Å². The fourth-order valence-corrected chi connectivity index (χ4v) is 5.45. The second kappa shape index (κ2) is 13.6. The number of rotatable bonds is 15. The molecule has 2 unspecified atom stereocenters. The number of likely N-dealkylation sites (N-methyl/N-ethyl adjacent to an activating group) is 2. The third-order valence-corrected chi connectivity index (χ3v) is 7.33. The van der Waals surface area contributed by atoms with Crippen LogP contribution in [0.1, 0.15) is 66.7 Å². The van der Waals surface area contributed by atoms with Crippen LogP contribution in [0.5, 0.6) is 5.75 Å². The van der Waals surface area contributed by atoms with Crippen molar-refractivity contribution in [3.63, 3.8) is 0 Å². The van der Waals surface area contributed by atoms with E-state index < -0.39 is 0 Å². The molecule has 0 radical (unpaired) electrons. The normalized spacial score (nSPS) is 13.7. The molecule has 0 fully saturated rings. The van der Waals surface area contributed by atoms with Crippen LogP contribution < -0.4 is 10.2 Å². The first-order valence-electron chi connectivity index (χ1n) is 13.6. The minimum absolute atomic E-state index is 0.0281. The van der Waals surface area contributed by atoms with Gasteiger partial charge in [0.2, 0.25) is 5.43 Å². The van der Waals surface area contributed by atoms with E-state index in [1.807, 2.05) is 42.5 Å². The number of hydrogen-bond donors (Lipinski definition) is 0. The Labute approximate surface area is 211 Å². The first-order chi connectivity index (χ1) is 17.1. The van der Waals surface area contributed by atoms with Gasteiger partial charge in [0, 0.05) is 12.1 Å². The molecule has 2 aromatic carbocycles. The third-order valence-electron chi connectivity index (χ3n) is 7.33. The summed E-state index contributed by atoms with van der Waals surface area (Å²) in [7, 11) is 0. The first-order valence-corrected chi connectivity index (χ1v) is 13.6. The smallest absolute Gasteiger partial charge is 0.204 e. The number of ether oxygens (including phenoxy) is 1. The summed E-state index contributed by atoms with van der Waals surface area (Å²) in [6, 6.07) is 14.1. The molecule has 0 bridgehead atoms. The summed E-state index contributed by atoms with van der Waals surface area (Å²) in [6.07, 6.45) is 5.74. The fourth-order valence-electron chi connectivity index (χ4n) is 5.45. The topological polar surface area (TPSA) is 45.9 Å². The zero-order valence-electron chi connectivity index (χ0n) is 22.4. The summed E-state index contributed by atoms with van der Waals surface area (Å²) in [5.41, 5.74) is 1.16. The Balaban J connectivity index is 1.77. The molecule has 3 aromatic rings. The summed E-state index contributed by atoms with van der Waals surface area (Å²) in [4.78, 5) is 18.5. The average Bonchev–Trinajstić information content (AvgIpc) is 2.88. The standard InChI is InChI=1S/C30H44N2O3/c1-6-11-17-24(31(7-2)8-3)25(32(9-4)10-5)18-15-22-34-27-20-14-21-28-29(27)30(33)23-16-12-13-19-26(23)35-28/h12-14,16,19-21,24-25H,6-11,15,17-18,22H2,1-5H3. The molecule has 0 saturated heterocycles. The number of unbranched alkanes of at least 4 members (excludes halogenated alkanes) is 1. The van der Waals surface area contributed by atoms with E-state index in [0.29, 0.717) is 46.4 Å². The highest BCUT2D eigenvalue weighted by molar-refractivity contribution is 5.93. The van der Waals surface area contributed by atoms with Crippen LogP contribution in [0.2, 0.25) is 0 Å². The van der Waals surface area contributed by atoms with Gasteiger partial charge in [-0.15, -0.1) is 0 Å². The van der Waals surface area contributed by atoms with Gasteiger partial charge in [0.05, 0.1) is 12.0 Å². The second-order valence-electron chi connectivity index (χ2n) is 9.27. The molecule has 1 heterocycles. The quantitative estimate of drug-likeness (QED) is 0.179. The molecular formula is C30H44N2O3. The van der Waals surface area contributed by atoms with Gasteiger partial charge in [0.25, 0.3) is 0 Å². The molecule has 0 N–H and O–H groups in total. The van der Waals surface area contributed by atoms with Crippen LogP contribution in [0.25, 0.3) is 21.9 Å². The van der Waals surface area contributed by atoms with Crippen molar-refractivity contribution >= 4 is 21.9 Å². The summed E-state index contributed by atoms with van der Waals surface area (Å²) in [5, 5.41) is 1.13. The van der Waals surface area contributed by atoms with Crippen LogP contribution in [0.3, 0.4) is 0 Å². The van der Waals surface area contributed by atoms with Gasteiger partial charge in [0.1, 0.15) is 22.3 Å². The molecule has 192 valence electrons. The van der Waals surface area contributed by atoms with Gasteiger partial charge in [-0.3, -0.25) is 14.6 Å². The van der Waals surface area contributed by atoms with E-state index in [1.165, 1.54) is 19.3 Å². The predicted octanol–water partition coefficient (Wildman–Crippen LogP) is 6.72. The molecule has 2 atom stereocenters. The maximum absolute atomic E-state index is 13.2. The molecule has 0 aliphatic rings. The molecule has 0 amide bonds. The number of para-hydroxylation sites is 1. The van der Waals surface area contributed by atoms with Gasteiger partial charge in [0.15, 0.2) is 0 Å². The highest BCUT2D eigenvalue weighted by atomic mass is 16.5. The van der Waals surface area contributed by atoms with Gasteiger partial charge >= 0.3 is 0 Å². The lowest BCUT2D eigenvalue weighted by molar-refractivity contribution is 0.0732. The van der Waals surface area contributed by atoms with Crippen LogP contribution >= 0.6 is 0 Å². The molecule has 0 aliphatic heterocycles. The zero-order chi connectivity index (χ0) is 25.2. The minimum Gasteiger partial charge on any atom is -0.493 e. The van der Waals surface area contributed by atoms with Gasteiger partial charge in [-0.25, -0.2) is 0 Å². The Morgan fingerprint density at radius 2 is 1.37 bits per heavy atom. The maximum atomic E-state index is 13.2. The molecule has 3 rings (SSSR count). The Morgan fingerprint density at radius 3 is 2.00 bits per heavy atom. The Morgan fingerprint density at radius 1 is 0.771 bits per heavy atom. The van der Waals surface area contributed by atoms with Gasteiger partial charge in [-0.1, -0.05) is 65.7 Å². The molecule has 5 heteroatoms. The van der Waals surface area contributed by atoms with Crippen molar-refractivity contribution in [2.24, 2.45) is 0 Å². The van der Waals surface area contributed by atoms with E-state index in [9.17, 15) is 4.79 Å². The average molecular weight is 481 g/mol. The van der Waals surface area contributed by atoms with E-state index in [4.69, 9.17) is 9.15 Å². The molecule has 0 spiro atoms. The van der Waals surface area contributed by atoms with Crippen molar-refractivity contribution in [1.82, 2.24) is 9.80 Å². The van der Waals surface area contributed by atoms with E-state index in [1.54, 1.807) is 0 Å². The number of hydrogen-bond acceptors (Lipinski definition) is 5. The van der Waals surface area contributed by atoms with Crippen molar-refractivity contribution in [2.75, 3.05) is 32.8 Å². The zero-order valence-corrected chi connectivity index (χ0v) is 22.4. The second-order valence-corrected chi connectivity index (χ2v) is 9.27. The van der Waals surface area contributed by atoms with E-state index in [2.05, 4.69) is 44.4 Å². The van der Waals surface area contributed by atoms with E-state index in [-0.39, 0.29) is 5.43 Å². The highest BCUT2D eigenvalue weighted by Gasteiger charge is 2.29. The summed E-state index contributed by atoms with van der Waals surface area (Å²) < 4.78 is 12.2. The van der Waals surface area contributed by atoms with Crippen molar-refractivity contribution in [3.8, 4) is 5.75 Å². The van der Waals surface area contributed by atoms with Crippen LogP contribution in [0.4, 0.5) is 0 Å². The van der Waals surface area contributed by atoms with Crippen molar-refractivity contribution in [1.29, 1.82) is 0 Å². The number of nitrogens with zero attached hydrogens (tertiary/aromatic N) is 2. The largest absolute Gasteiger partial charge is 0.493 e. The lowest BCUT2D eigenvalue weighted by atomic mass is 9.94. The predicted molar refractivity (Wildman–Crippen MR) is 148 cm³/mol. The van der Waals surface area contributed by atoms with E-state index >= 15 is 0 Å². The molecule has 0 aliphatic carbocycles. The van der Waals surface area contributed by atoms with Crippen molar-refractivity contribution < 1.29 is 9.15 Å². The monoisotopic (exact) mass is 480 g/mol. The minimum atomic E-state index is -0.0281. The molecule has 1 aromatic heterocycles. The number of fused-ring (bicyclic) bond motifs is 2. The Kier molecular flexibility index (Phi) is 10.6. The number of benzene rings is 2. The molecule has 0 saturated carbocycles. The molecule has 35 heavy (non-hydrogen) atoms. The fraction of sp³-hybridized carbons (Fsp3) is 0.567. The molecular weight excluding hydrogens is 436 g/mol. The Bertz CT molecular complexity index is 1100. The van der Waals surface area contributed by atoms with Crippen LogP contribution in [-0.4, -0.2) is 54.7 Å². The first kappa shape index (κ1) is 27.2. The lowest BCUT2D eigenvalue weighted by Gasteiger charge is -2.42. The summed E-state index contributed by atoms with van der Waals surface area (Å²) in [6.45, 7) is 16.2. The summed E-state index contributed by atoms with van der Waals surface area (Å²) in [5.74, 6) is 0.618. The highest BCUT2D eigenvalue weighted by Crippen LogP contribution is 2.27. The van der Waals surface area contributed by atoms with E-state index in [0.717, 1.165) is 39.0 Å². The molecule has 5 nitrogen and oxygen atoms in total.